The fourth-order valence-electron chi connectivity index (χ4n) is 1.04. The molecule has 5 nitrogen and oxygen atoms in total. The summed E-state index contributed by atoms with van der Waals surface area (Å²) in [6.07, 6.45) is 0.951. The smallest absolute Gasteiger partial charge is 0.338 e. The third kappa shape index (κ3) is 3.90. The first kappa shape index (κ1) is 12.5. The molecule has 0 aliphatic carbocycles. The van der Waals surface area contributed by atoms with Crippen molar-refractivity contribution >= 4 is 16.1 Å². The highest BCUT2D eigenvalue weighted by molar-refractivity contribution is 7.86. The molecule has 0 aromatic heterocycles. The maximum Gasteiger partial charge on any atom is 0.338 e. The van der Waals surface area contributed by atoms with Gasteiger partial charge < -0.3 is 8.92 Å². The number of carbonyl (C=O) groups excluding carboxylic acids is 1. The van der Waals surface area contributed by atoms with Gasteiger partial charge in [0.25, 0.3) is 0 Å². The number of benzene rings is 1. The maximum absolute atomic E-state index is 11.3. The first-order valence-corrected chi connectivity index (χ1v) is 6.40. The molecule has 88 valence electrons. The normalized spacial score (nSPS) is 10.9. The van der Waals surface area contributed by atoms with Gasteiger partial charge in [0.1, 0.15) is 5.75 Å². The minimum atomic E-state index is -3.54. The van der Waals surface area contributed by atoms with Crippen LogP contribution in [0.15, 0.2) is 24.3 Å². The zero-order valence-electron chi connectivity index (χ0n) is 8.97. The number of esters is 1. The van der Waals surface area contributed by atoms with E-state index in [4.69, 9.17) is 4.74 Å². The zero-order valence-corrected chi connectivity index (χ0v) is 9.78. The summed E-state index contributed by atoms with van der Waals surface area (Å²) < 4.78 is 31.0. The van der Waals surface area contributed by atoms with Crippen molar-refractivity contribution in [1.82, 2.24) is 0 Å². The van der Waals surface area contributed by atoms with Gasteiger partial charge in [0.05, 0.1) is 18.4 Å². The van der Waals surface area contributed by atoms with Crippen molar-refractivity contribution < 1.29 is 22.1 Å². The van der Waals surface area contributed by atoms with Crippen LogP contribution in [0.4, 0.5) is 0 Å². The van der Waals surface area contributed by atoms with Crippen LogP contribution >= 0.6 is 0 Å². The van der Waals surface area contributed by atoms with E-state index >= 15 is 0 Å². The number of ether oxygens (including phenoxy) is 1. The van der Waals surface area contributed by atoms with Crippen LogP contribution in [0.25, 0.3) is 0 Å². The van der Waals surface area contributed by atoms with Gasteiger partial charge in [-0.25, -0.2) is 4.79 Å². The van der Waals surface area contributed by atoms with E-state index in [1.165, 1.54) is 24.3 Å². The predicted octanol–water partition coefficient (Wildman–Crippen LogP) is 1.20. The van der Waals surface area contributed by atoms with Crippen molar-refractivity contribution in [3.63, 3.8) is 0 Å². The minimum absolute atomic E-state index is 0.163. The Bertz CT molecular complexity index is 460. The molecule has 0 fully saturated rings. The van der Waals surface area contributed by atoms with Crippen molar-refractivity contribution in [3.05, 3.63) is 29.8 Å². The van der Waals surface area contributed by atoms with Gasteiger partial charge in [0.2, 0.25) is 0 Å². The van der Waals surface area contributed by atoms with Gasteiger partial charge in [-0.05, 0) is 31.2 Å². The van der Waals surface area contributed by atoms with Crippen molar-refractivity contribution in [2.75, 3.05) is 12.9 Å². The fraction of sp³-hybridized carbons (Fsp3) is 0.300. The van der Waals surface area contributed by atoms with Crippen LogP contribution in [-0.4, -0.2) is 27.2 Å². The molecule has 16 heavy (non-hydrogen) atoms. The van der Waals surface area contributed by atoms with Crippen LogP contribution in [0.2, 0.25) is 0 Å². The molecule has 0 bridgehead atoms. The molecule has 0 saturated heterocycles. The molecule has 0 aliphatic heterocycles. The van der Waals surface area contributed by atoms with E-state index in [-0.39, 0.29) is 5.75 Å². The van der Waals surface area contributed by atoms with Crippen LogP contribution in [0.5, 0.6) is 5.75 Å². The SMILES string of the molecule is CCOC(=O)c1ccc(OS(C)(=O)=O)cc1. The quantitative estimate of drug-likeness (QED) is 0.588. The van der Waals surface area contributed by atoms with E-state index in [1.807, 2.05) is 0 Å². The molecule has 1 rings (SSSR count). The zero-order chi connectivity index (χ0) is 12.2. The molecule has 0 unspecified atom stereocenters. The average Bonchev–Trinajstić information content (AvgIpc) is 2.16. The van der Waals surface area contributed by atoms with Crippen molar-refractivity contribution in [3.8, 4) is 5.75 Å². The highest BCUT2D eigenvalue weighted by Crippen LogP contribution is 2.14. The molecule has 0 saturated carbocycles. The summed E-state index contributed by atoms with van der Waals surface area (Å²) in [6.45, 7) is 2.00. The van der Waals surface area contributed by atoms with Gasteiger partial charge in [0.15, 0.2) is 0 Å². The number of hydrogen-bond acceptors (Lipinski definition) is 5. The summed E-state index contributed by atoms with van der Waals surface area (Å²) in [5, 5.41) is 0. The van der Waals surface area contributed by atoms with E-state index in [1.54, 1.807) is 6.92 Å². The van der Waals surface area contributed by atoms with Gasteiger partial charge in [-0.2, -0.15) is 8.42 Å². The highest BCUT2D eigenvalue weighted by atomic mass is 32.2. The summed E-state index contributed by atoms with van der Waals surface area (Å²) in [5.41, 5.74) is 0.350. The number of carbonyl (C=O) groups is 1. The molecule has 0 heterocycles. The van der Waals surface area contributed by atoms with E-state index in [2.05, 4.69) is 4.18 Å². The first-order chi connectivity index (χ1) is 7.42. The molecular formula is C10H12O5S. The van der Waals surface area contributed by atoms with Gasteiger partial charge >= 0.3 is 16.1 Å². The van der Waals surface area contributed by atoms with E-state index in [9.17, 15) is 13.2 Å². The lowest BCUT2D eigenvalue weighted by Gasteiger charge is -2.04. The van der Waals surface area contributed by atoms with Crippen LogP contribution in [0.3, 0.4) is 0 Å². The average molecular weight is 244 g/mol. The lowest BCUT2D eigenvalue weighted by Crippen LogP contribution is -2.07. The summed E-state index contributed by atoms with van der Waals surface area (Å²) in [7, 11) is -3.54. The standard InChI is InChI=1S/C10H12O5S/c1-3-14-10(11)8-4-6-9(7-5-8)15-16(2,12)13/h4-7H,3H2,1-2H3. The molecule has 1 aromatic carbocycles. The lowest BCUT2D eigenvalue weighted by molar-refractivity contribution is 0.0526. The monoisotopic (exact) mass is 244 g/mol. The Hall–Kier alpha value is -1.56. The minimum Gasteiger partial charge on any atom is -0.462 e. The molecular weight excluding hydrogens is 232 g/mol. The third-order valence-electron chi connectivity index (χ3n) is 1.61. The molecule has 0 spiro atoms. The van der Waals surface area contributed by atoms with Crippen LogP contribution in [0, 0.1) is 0 Å². The largest absolute Gasteiger partial charge is 0.462 e. The predicted molar refractivity (Wildman–Crippen MR) is 57.9 cm³/mol. The highest BCUT2D eigenvalue weighted by Gasteiger charge is 2.08. The van der Waals surface area contributed by atoms with E-state index < -0.39 is 16.1 Å². The lowest BCUT2D eigenvalue weighted by atomic mass is 10.2. The molecule has 6 heteroatoms. The number of hydrogen-bond donors (Lipinski definition) is 0. The maximum atomic E-state index is 11.3. The van der Waals surface area contributed by atoms with Gasteiger partial charge in [0, 0.05) is 0 Å². The van der Waals surface area contributed by atoms with Gasteiger partial charge in [-0.1, -0.05) is 0 Å². The Morgan fingerprint density at radius 3 is 2.25 bits per heavy atom. The van der Waals surface area contributed by atoms with Crippen LogP contribution in [-0.2, 0) is 14.9 Å². The summed E-state index contributed by atoms with van der Waals surface area (Å²) >= 11 is 0. The Kier molecular flexibility index (Phi) is 3.89. The molecule has 1 aromatic rings. The van der Waals surface area contributed by atoms with E-state index in [0.717, 1.165) is 6.26 Å². The Balaban J connectivity index is 2.79. The fourth-order valence-corrected chi connectivity index (χ4v) is 1.50. The van der Waals surface area contributed by atoms with Crippen molar-refractivity contribution in [2.45, 2.75) is 6.92 Å². The second kappa shape index (κ2) is 4.98. The third-order valence-corrected chi connectivity index (χ3v) is 2.11. The number of rotatable bonds is 4. The molecule has 0 radical (unpaired) electrons. The van der Waals surface area contributed by atoms with Gasteiger partial charge in [-0.3, -0.25) is 0 Å². The van der Waals surface area contributed by atoms with E-state index in [0.29, 0.717) is 12.2 Å². The molecule has 0 aliphatic rings. The summed E-state index contributed by atoms with van der Waals surface area (Å²) in [4.78, 5) is 11.3. The summed E-state index contributed by atoms with van der Waals surface area (Å²) in [6, 6.07) is 5.68. The topological polar surface area (TPSA) is 69.7 Å². The summed E-state index contributed by atoms with van der Waals surface area (Å²) in [5.74, 6) is -0.288. The molecule has 0 N–H and O–H groups in total. The van der Waals surface area contributed by atoms with Gasteiger partial charge in [-0.15, -0.1) is 0 Å². The second-order valence-electron chi connectivity index (χ2n) is 3.03. The Labute approximate surface area is 94.1 Å². The molecule has 0 amide bonds. The second-order valence-corrected chi connectivity index (χ2v) is 4.61. The Morgan fingerprint density at radius 2 is 1.81 bits per heavy atom. The Morgan fingerprint density at radius 1 is 1.25 bits per heavy atom. The van der Waals surface area contributed by atoms with Crippen molar-refractivity contribution in [1.29, 1.82) is 0 Å². The molecule has 0 atom stereocenters. The van der Waals surface area contributed by atoms with Crippen molar-refractivity contribution in [2.24, 2.45) is 0 Å². The van der Waals surface area contributed by atoms with Crippen LogP contribution in [0.1, 0.15) is 17.3 Å². The first-order valence-electron chi connectivity index (χ1n) is 4.59. The van der Waals surface area contributed by atoms with Crippen LogP contribution < -0.4 is 4.18 Å².